The molecule has 1 spiro atoms. The zero-order valence-electron chi connectivity index (χ0n) is 16.0. The fraction of sp³-hybridized carbons (Fsp3) is 0.706. The Morgan fingerprint density at radius 3 is 2.38 bits per heavy atom. The minimum Gasteiger partial charge on any atom is -0.475 e. The first-order chi connectivity index (χ1) is 13.4. The molecule has 0 atom stereocenters. The van der Waals surface area contributed by atoms with Gasteiger partial charge in [-0.05, 0) is 38.1 Å². The van der Waals surface area contributed by atoms with Gasteiger partial charge in [0.25, 0.3) is 0 Å². The van der Waals surface area contributed by atoms with Gasteiger partial charge in [0.2, 0.25) is 10.0 Å². The summed E-state index contributed by atoms with van der Waals surface area (Å²) in [5, 5.41) is 7.12. The molecule has 0 radical (unpaired) electrons. The summed E-state index contributed by atoms with van der Waals surface area (Å²) in [6.45, 7) is 4.92. The van der Waals surface area contributed by atoms with Crippen LogP contribution in [0.2, 0.25) is 0 Å². The van der Waals surface area contributed by atoms with Gasteiger partial charge in [0.05, 0.1) is 32.3 Å². The number of halogens is 3. The molecule has 0 aromatic carbocycles. The summed E-state index contributed by atoms with van der Waals surface area (Å²) in [7, 11) is -3.15. The fourth-order valence-electron chi connectivity index (χ4n) is 3.35. The van der Waals surface area contributed by atoms with Crippen molar-refractivity contribution < 1.29 is 40.6 Å². The summed E-state index contributed by atoms with van der Waals surface area (Å²) in [5.41, 5.74) is -0.0424. The summed E-state index contributed by atoms with van der Waals surface area (Å²) in [6.07, 6.45) is -0.179. The largest absolute Gasteiger partial charge is 0.490 e. The lowest BCUT2D eigenvalue weighted by Crippen LogP contribution is -2.48. The van der Waals surface area contributed by atoms with Crippen LogP contribution in [-0.2, 0) is 26.1 Å². The average Bonchev–Trinajstić information content (AvgIpc) is 3.02. The van der Waals surface area contributed by atoms with E-state index in [1.54, 1.807) is 10.6 Å². The number of rotatable bonds is 3. The van der Waals surface area contributed by atoms with Gasteiger partial charge in [-0.15, -0.1) is 0 Å². The highest BCUT2D eigenvalue weighted by Crippen LogP contribution is 2.35. The molecule has 0 unspecified atom stereocenters. The Hall–Kier alpha value is -1.63. The third-order valence-corrected chi connectivity index (χ3v) is 6.24. The lowest BCUT2D eigenvalue weighted by Gasteiger charge is -2.42. The van der Waals surface area contributed by atoms with Crippen LogP contribution in [-0.4, -0.2) is 80.5 Å². The molecule has 2 saturated heterocycles. The number of sulfonamides is 1. The number of ether oxygens (including phenoxy) is 1. The summed E-state index contributed by atoms with van der Waals surface area (Å²) < 4.78 is 68.2. The standard InChI is InChI=1S/C15H24N2O4S.C2HF3O2/c1-22(18,19)17-8-10-20-13-15(12-17)4-6-16(7-5-15)11-14-3-2-9-21-14;3-2(4,5)1(6)7/h2-3,9H,4-8,10-13H2,1H3;(H,6,7). The number of alkyl halides is 3. The number of hydrogen-bond donors (Lipinski definition) is 1. The van der Waals surface area contributed by atoms with Crippen molar-refractivity contribution >= 4 is 16.0 Å². The smallest absolute Gasteiger partial charge is 0.475 e. The van der Waals surface area contributed by atoms with Crippen molar-refractivity contribution in [3.8, 4) is 0 Å². The Kier molecular flexibility index (Phi) is 7.71. The SMILES string of the molecule is CS(=O)(=O)N1CCOCC2(CCN(Cc3ccco3)CC2)C1.O=C(O)C(F)(F)F. The molecule has 2 aliphatic heterocycles. The van der Waals surface area contributed by atoms with E-state index in [0.29, 0.717) is 26.3 Å². The molecular weight excluding hydrogens is 417 g/mol. The van der Waals surface area contributed by atoms with E-state index < -0.39 is 22.2 Å². The molecule has 166 valence electrons. The Labute approximate surface area is 167 Å². The lowest BCUT2D eigenvalue weighted by molar-refractivity contribution is -0.192. The highest BCUT2D eigenvalue weighted by Gasteiger charge is 2.40. The molecule has 2 fully saturated rings. The van der Waals surface area contributed by atoms with Crippen LogP contribution < -0.4 is 0 Å². The molecule has 0 saturated carbocycles. The highest BCUT2D eigenvalue weighted by molar-refractivity contribution is 7.88. The zero-order valence-corrected chi connectivity index (χ0v) is 16.8. The topological polar surface area (TPSA) is 100 Å². The third kappa shape index (κ3) is 7.28. The van der Waals surface area contributed by atoms with Crippen molar-refractivity contribution in [3.05, 3.63) is 24.2 Å². The first-order valence-electron chi connectivity index (χ1n) is 8.99. The zero-order chi connectivity index (χ0) is 21.7. The maximum Gasteiger partial charge on any atom is 0.490 e. The van der Waals surface area contributed by atoms with Gasteiger partial charge in [0, 0.05) is 18.5 Å². The number of nitrogens with zero attached hydrogens (tertiary/aromatic N) is 2. The second kappa shape index (κ2) is 9.45. The van der Waals surface area contributed by atoms with Crippen LogP contribution in [0.25, 0.3) is 0 Å². The maximum absolute atomic E-state index is 11.9. The molecule has 12 heteroatoms. The summed E-state index contributed by atoms with van der Waals surface area (Å²) >= 11 is 0. The molecule has 29 heavy (non-hydrogen) atoms. The fourth-order valence-corrected chi connectivity index (χ4v) is 4.26. The van der Waals surface area contributed by atoms with E-state index in [-0.39, 0.29) is 5.41 Å². The van der Waals surface area contributed by atoms with Crippen molar-refractivity contribution in [2.75, 3.05) is 45.6 Å². The van der Waals surface area contributed by atoms with Gasteiger partial charge in [-0.25, -0.2) is 13.2 Å². The Morgan fingerprint density at radius 1 is 1.28 bits per heavy atom. The van der Waals surface area contributed by atoms with Gasteiger partial charge in [-0.3, -0.25) is 4.90 Å². The van der Waals surface area contributed by atoms with Gasteiger partial charge in [-0.2, -0.15) is 17.5 Å². The molecule has 1 aromatic rings. The maximum atomic E-state index is 11.9. The number of furan rings is 1. The van der Waals surface area contributed by atoms with Crippen molar-refractivity contribution in [1.29, 1.82) is 0 Å². The molecule has 0 bridgehead atoms. The Morgan fingerprint density at radius 2 is 1.90 bits per heavy atom. The highest BCUT2D eigenvalue weighted by atomic mass is 32.2. The molecule has 1 N–H and O–H groups in total. The number of likely N-dealkylation sites (tertiary alicyclic amines) is 1. The van der Waals surface area contributed by atoms with E-state index in [1.165, 1.54) is 6.26 Å². The van der Waals surface area contributed by atoms with Crippen molar-refractivity contribution in [2.24, 2.45) is 5.41 Å². The Balaban J connectivity index is 0.000000370. The van der Waals surface area contributed by atoms with Crippen LogP contribution in [0, 0.1) is 5.41 Å². The molecule has 3 rings (SSSR count). The molecule has 0 aliphatic carbocycles. The van der Waals surface area contributed by atoms with E-state index in [1.807, 2.05) is 12.1 Å². The van der Waals surface area contributed by atoms with Crippen LogP contribution in [0.4, 0.5) is 13.2 Å². The molecule has 0 amide bonds. The average molecular weight is 442 g/mol. The van der Waals surface area contributed by atoms with Gasteiger partial charge < -0.3 is 14.3 Å². The van der Waals surface area contributed by atoms with Gasteiger partial charge in [-0.1, -0.05) is 0 Å². The van der Waals surface area contributed by atoms with E-state index in [2.05, 4.69) is 4.90 Å². The molecule has 8 nitrogen and oxygen atoms in total. The summed E-state index contributed by atoms with van der Waals surface area (Å²) in [6, 6.07) is 3.90. The predicted molar refractivity (Wildman–Crippen MR) is 96.6 cm³/mol. The monoisotopic (exact) mass is 442 g/mol. The number of hydrogen-bond acceptors (Lipinski definition) is 6. The molecule has 2 aliphatic rings. The van der Waals surface area contributed by atoms with Crippen molar-refractivity contribution in [1.82, 2.24) is 9.21 Å². The number of piperidine rings is 1. The third-order valence-electron chi connectivity index (χ3n) is 4.99. The quantitative estimate of drug-likeness (QED) is 0.762. The second-order valence-corrected chi connectivity index (χ2v) is 9.29. The first-order valence-corrected chi connectivity index (χ1v) is 10.8. The number of aliphatic carboxylic acids is 1. The van der Waals surface area contributed by atoms with E-state index in [4.69, 9.17) is 19.1 Å². The van der Waals surface area contributed by atoms with Crippen LogP contribution in [0.1, 0.15) is 18.6 Å². The predicted octanol–water partition coefficient (Wildman–Crippen LogP) is 1.79. The second-order valence-electron chi connectivity index (χ2n) is 7.31. The van der Waals surface area contributed by atoms with Crippen LogP contribution >= 0.6 is 0 Å². The van der Waals surface area contributed by atoms with Crippen LogP contribution in [0.5, 0.6) is 0 Å². The van der Waals surface area contributed by atoms with E-state index >= 15 is 0 Å². The summed E-state index contributed by atoms with van der Waals surface area (Å²) in [5.74, 6) is -1.78. The minimum absolute atomic E-state index is 0.0424. The summed E-state index contributed by atoms with van der Waals surface area (Å²) in [4.78, 5) is 11.3. The number of carboxylic acids is 1. The van der Waals surface area contributed by atoms with E-state index in [9.17, 15) is 21.6 Å². The van der Waals surface area contributed by atoms with Crippen molar-refractivity contribution in [3.63, 3.8) is 0 Å². The lowest BCUT2D eigenvalue weighted by atomic mass is 9.79. The van der Waals surface area contributed by atoms with Crippen molar-refractivity contribution in [2.45, 2.75) is 25.6 Å². The minimum atomic E-state index is -5.08. The molecule has 1 aromatic heterocycles. The number of carboxylic acid groups (broad SMARTS) is 1. The van der Waals surface area contributed by atoms with Gasteiger partial charge in [0.15, 0.2) is 0 Å². The Bertz CT molecular complexity index is 759. The van der Waals surface area contributed by atoms with Gasteiger partial charge in [0.1, 0.15) is 5.76 Å². The van der Waals surface area contributed by atoms with Crippen LogP contribution in [0.15, 0.2) is 22.8 Å². The molecular formula is C17H25F3N2O6S. The number of carbonyl (C=O) groups is 1. The molecule has 3 heterocycles. The van der Waals surface area contributed by atoms with Gasteiger partial charge >= 0.3 is 12.1 Å². The normalized spacial score (nSPS) is 21.2. The first kappa shape index (κ1) is 23.6. The van der Waals surface area contributed by atoms with Crippen LogP contribution in [0.3, 0.4) is 0 Å². The van der Waals surface area contributed by atoms with E-state index in [0.717, 1.165) is 38.2 Å².